The Balaban J connectivity index is 1.20. The Kier molecular flexibility index (Phi) is 11.1. The fraction of sp³-hybridized carbons (Fsp3) is 0.324. The predicted molar refractivity (Wildman–Crippen MR) is 173 cm³/mol. The van der Waals surface area contributed by atoms with Gasteiger partial charge in [-0.1, -0.05) is 48.1 Å². The molecular weight excluding hydrogens is 603 g/mol. The number of benzene rings is 3. The van der Waals surface area contributed by atoms with Crippen molar-refractivity contribution in [1.82, 2.24) is 9.88 Å². The summed E-state index contributed by atoms with van der Waals surface area (Å²) < 4.78 is 38.2. The first-order chi connectivity index (χ1) is 21.4. The van der Waals surface area contributed by atoms with E-state index in [1.807, 2.05) is 24.3 Å². The van der Waals surface area contributed by atoms with Gasteiger partial charge in [0.15, 0.2) is 23.1 Å². The lowest BCUT2D eigenvalue weighted by atomic mass is 10.0. The van der Waals surface area contributed by atoms with Crippen molar-refractivity contribution in [2.24, 2.45) is 0 Å². The van der Waals surface area contributed by atoms with Gasteiger partial charge in [0, 0.05) is 66.4 Å². The SMILES string of the molecule is COc1cc2c(Oc3ccc(CC(=S)CC(=O)Cc4ccccc4Cl)cc3F)ccnc2cc1OCCCN1CCOCC1. The lowest BCUT2D eigenvalue weighted by Gasteiger charge is -2.26. The van der Waals surface area contributed by atoms with Crippen molar-refractivity contribution in [3.05, 3.63) is 88.8 Å². The summed E-state index contributed by atoms with van der Waals surface area (Å²) >= 11 is 11.6. The molecule has 0 radical (unpaired) electrons. The van der Waals surface area contributed by atoms with E-state index >= 15 is 4.39 Å². The lowest BCUT2D eigenvalue weighted by molar-refractivity contribution is -0.117. The fourth-order valence-corrected chi connectivity index (χ4v) is 5.60. The van der Waals surface area contributed by atoms with Gasteiger partial charge in [0.25, 0.3) is 0 Å². The van der Waals surface area contributed by atoms with Gasteiger partial charge in [-0.25, -0.2) is 4.39 Å². The van der Waals surface area contributed by atoms with E-state index in [1.54, 1.807) is 43.6 Å². The van der Waals surface area contributed by atoms with Gasteiger partial charge in [-0.2, -0.15) is 0 Å². The molecule has 0 atom stereocenters. The highest BCUT2D eigenvalue weighted by molar-refractivity contribution is 7.80. The number of aromatic nitrogens is 1. The van der Waals surface area contributed by atoms with E-state index in [4.69, 9.17) is 42.8 Å². The van der Waals surface area contributed by atoms with E-state index in [2.05, 4.69) is 9.88 Å². The Hall–Kier alpha value is -3.63. The van der Waals surface area contributed by atoms with Crippen LogP contribution in [0.3, 0.4) is 0 Å². The van der Waals surface area contributed by atoms with Crippen LogP contribution in [0.25, 0.3) is 10.9 Å². The monoisotopic (exact) mass is 636 g/mol. The van der Waals surface area contributed by atoms with Crippen LogP contribution in [0.1, 0.15) is 24.0 Å². The van der Waals surface area contributed by atoms with Gasteiger partial charge in [0.2, 0.25) is 0 Å². The zero-order valence-electron chi connectivity index (χ0n) is 24.5. The number of methoxy groups -OCH3 is 1. The topological polar surface area (TPSA) is 70.1 Å². The van der Waals surface area contributed by atoms with Gasteiger partial charge >= 0.3 is 0 Å². The van der Waals surface area contributed by atoms with Crippen LogP contribution in [0.4, 0.5) is 4.39 Å². The molecule has 3 aromatic carbocycles. The third kappa shape index (κ3) is 8.51. The van der Waals surface area contributed by atoms with Crippen LogP contribution < -0.4 is 14.2 Å². The van der Waals surface area contributed by atoms with Crippen LogP contribution in [0, 0.1) is 5.82 Å². The smallest absolute Gasteiger partial charge is 0.166 e. The summed E-state index contributed by atoms with van der Waals surface area (Å²) in [4.78, 5) is 19.9. The molecule has 7 nitrogen and oxygen atoms in total. The highest BCUT2D eigenvalue weighted by Crippen LogP contribution is 2.37. The summed E-state index contributed by atoms with van der Waals surface area (Å²) in [6.07, 6.45) is 3.09. The third-order valence-electron chi connectivity index (χ3n) is 7.32. The molecule has 1 aromatic heterocycles. The number of nitrogens with zero attached hydrogens (tertiary/aromatic N) is 2. The van der Waals surface area contributed by atoms with Crippen LogP contribution in [0.2, 0.25) is 5.02 Å². The Morgan fingerprint density at radius 2 is 1.84 bits per heavy atom. The number of ether oxygens (including phenoxy) is 4. The highest BCUT2D eigenvalue weighted by Gasteiger charge is 2.16. The van der Waals surface area contributed by atoms with E-state index in [1.165, 1.54) is 6.07 Å². The fourth-order valence-electron chi connectivity index (χ4n) is 5.07. The first kappa shape index (κ1) is 31.8. The average Bonchev–Trinajstić information content (AvgIpc) is 3.02. The first-order valence-electron chi connectivity index (χ1n) is 14.5. The minimum absolute atomic E-state index is 0.0370. The average molecular weight is 637 g/mol. The Labute approximate surface area is 266 Å². The molecule has 5 rings (SSSR count). The third-order valence-corrected chi connectivity index (χ3v) is 7.98. The van der Waals surface area contributed by atoms with Crippen molar-refractivity contribution >= 4 is 45.4 Å². The predicted octanol–water partition coefficient (Wildman–Crippen LogP) is 7.04. The van der Waals surface area contributed by atoms with E-state index < -0.39 is 5.82 Å². The number of carbonyl (C=O) groups excluding carboxylic acids is 1. The number of hydrogen-bond donors (Lipinski definition) is 0. The van der Waals surface area contributed by atoms with Crippen molar-refractivity contribution in [3.8, 4) is 23.0 Å². The zero-order chi connectivity index (χ0) is 30.9. The van der Waals surface area contributed by atoms with E-state index in [0.29, 0.717) is 56.6 Å². The Morgan fingerprint density at radius 3 is 2.61 bits per heavy atom. The molecule has 44 heavy (non-hydrogen) atoms. The summed E-state index contributed by atoms with van der Waals surface area (Å²) in [6.45, 7) is 4.89. The number of thiocarbonyl (C=S) groups is 1. The quantitative estimate of drug-likeness (QED) is 0.108. The van der Waals surface area contributed by atoms with Crippen LogP contribution in [0.5, 0.6) is 23.0 Å². The molecule has 1 aliphatic rings. The van der Waals surface area contributed by atoms with E-state index in [0.717, 1.165) is 44.8 Å². The molecule has 1 fully saturated rings. The minimum atomic E-state index is -0.537. The van der Waals surface area contributed by atoms with E-state index in [9.17, 15) is 4.79 Å². The molecule has 0 bridgehead atoms. The molecular formula is C34H34ClFN2O5S. The highest BCUT2D eigenvalue weighted by atomic mass is 35.5. The molecule has 2 heterocycles. The summed E-state index contributed by atoms with van der Waals surface area (Å²) in [6, 6.07) is 17.2. The van der Waals surface area contributed by atoms with Crippen LogP contribution in [0.15, 0.2) is 66.9 Å². The summed E-state index contributed by atoms with van der Waals surface area (Å²) in [5.41, 5.74) is 2.05. The van der Waals surface area contributed by atoms with Crippen LogP contribution in [-0.2, 0) is 22.4 Å². The van der Waals surface area contributed by atoms with E-state index in [-0.39, 0.29) is 24.4 Å². The van der Waals surface area contributed by atoms with Crippen LogP contribution in [-0.4, -0.2) is 67.1 Å². The lowest BCUT2D eigenvalue weighted by Crippen LogP contribution is -2.37. The van der Waals surface area contributed by atoms with Gasteiger partial charge in [0.1, 0.15) is 11.5 Å². The number of hydrogen-bond acceptors (Lipinski definition) is 8. The standard InChI is InChI=1S/C34H34ClFN2O5S/c1-40-33-21-27-30(22-34(33)42-14-4-11-38-12-15-41-16-13-38)37-10-9-31(27)43-32-8-7-23(18-29(32)36)17-26(44)20-25(39)19-24-5-2-3-6-28(24)35/h2-3,5-10,18,21-22H,4,11-17,19-20H2,1H3. The second-order valence-corrected chi connectivity index (χ2v) is 11.5. The minimum Gasteiger partial charge on any atom is -0.493 e. The summed E-state index contributed by atoms with van der Waals surface area (Å²) in [5, 5.41) is 1.21. The second-order valence-electron chi connectivity index (χ2n) is 10.6. The molecule has 230 valence electrons. The maximum Gasteiger partial charge on any atom is 0.166 e. The van der Waals surface area contributed by atoms with Gasteiger partial charge in [-0.05, 0) is 47.9 Å². The summed E-state index contributed by atoms with van der Waals surface area (Å²) in [7, 11) is 1.58. The maximum atomic E-state index is 15.2. The molecule has 0 saturated carbocycles. The van der Waals surface area contributed by atoms with Crippen molar-refractivity contribution in [2.75, 3.05) is 46.6 Å². The molecule has 0 spiro atoms. The Bertz CT molecular complexity index is 1630. The van der Waals surface area contributed by atoms with Gasteiger partial charge in [-0.15, -0.1) is 0 Å². The Morgan fingerprint density at radius 1 is 1.02 bits per heavy atom. The molecule has 0 unspecified atom stereocenters. The molecule has 0 N–H and O–H groups in total. The van der Waals surface area contributed by atoms with Gasteiger partial charge < -0.3 is 18.9 Å². The number of fused-ring (bicyclic) bond motifs is 1. The largest absolute Gasteiger partial charge is 0.493 e. The summed E-state index contributed by atoms with van der Waals surface area (Å²) in [5.74, 6) is 1.04. The normalized spacial score (nSPS) is 13.5. The number of carbonyl (C=O) groups is 1. The number of ketones is 1. The molecule has 1 saturated heterocycles. The number of halogens is 2. The molecule has 10 heteroatoms. The van der Waals surface area contributed by atoms with Crippen molar-refractivity contribution in [3.63, 3.8) is 0 Å². The maximum absolute atomic E-state index is 15.2. The first-order valence-corrected chi connectivity index (χ1v) is 15.3. The van der Waals surface area contributed by atoms with Crippen molar-refractivity contribution in [1.29, 1.82) is 0 Å². The van der Waals surface area contributed by atoms with Crippen LogP contribution >= 0.6 is 23.8 Å². The van der Waals surface area contributed by atoms with Gasteiger partial charge in [0.05, 0.1) is 32.4 Å². The second kappa shape index (κ2) is 15.4. The molecule has 4 aromatic rings. The molecule has 1 aliphatic heterocycles. The van der Waals surface area contributed by atoms with Crippen molar-refractivity contribution in [2.45, 2.75) is 25.7 Å². The molecule has 0 aliphatic carbocycles. The van der Waals surface area contributed by atoms with Gasteiger partial charge in [-0.3, -0.25) is 14.7 Å². The zero-order valence-corrected chi connectivity index (χ0v) is 26.1. The number of morpholine rings is 1. The number of rotatable bonds is 14. The molecule has 0 amide bonds. The number of pyridine rings is 1. The number of Topliss-reactive ketones (excluding diaryl/α,β-unsaturated/α-hetero) is 1. The van der Waals surface area contributed by atoms with Crippen molar-refractivity contribution < 1.29 is 28.1 Å².